The quantitative estimate of drug-likeness (QED) is 0.421. The van der Waals surface area contributed by atoms with E-state index in [0.29, 0.717) is 24.7 Å². The molecule has 0 aliphatic heterocycles. The summed E-state index contributed by atoms with van der Waals surface area (Å²) in [5.41, 5.74) is -0.418. The van der Waals surface area contributed by atoms with E-state index in [-0.39, 0.29) is 0 Å². The van der Waals surface area contributed by atoms with Crippen LogP contribution in [-0.4, -0.2) is 31.1 Å². The molecule has 19 heavy (non-hydrogen) atoms. The first-order valence-electron chi connectivity index (χ1n) is 7.31. The molecule has 0 spiro atoms. The van der Waals surface area contributed by atoms with Gasteiger partial charge in [-0.15, -0.1) is 0 Å². The monoisotopic (exact) mass is 326 g/mol. The third kappa shape index (κ3) is 8.51. The highest BCUT2D eigenvalue weighted by atomic mass is 35.5. The molecule has 2 atom stereocenters. The summed E-state index contributed by atoms with van der Waals surface area (Å²) in [5, 5.41) is 0. The zero-order valence-electron chi connectivity index (χ0n) is 12.4. The van der Waals surface area contributed by atoms with Crippen LogP contribution in [-0.2, 0) is 8.99 Å². The molecule has 1 N–H and O–H groups in total. The van der Waals surface area contributed by atoms with Gasteiger partial charge in [0.1, 0.15) is 5.56 Å². The largest absolute Gasteiger partial charge is 0.402 e. The lowest BCUT2D eigenvalue weighted by molar-refractivity contribution is 0.268. The molecule has 0 saturated heterocycles. The highest BCUT2D eigenvalue weighted by Crippen LogP contribution is 2.46. The Morgan fingerprint density at radius 2 is 1.89 bits per heavy atom. The lowest BCUT2D eigenvalue weighted by Gasteiger charge is -2.25. The van der Waals surface area contributed by atoms with E-state index >= 15 is 0 Å². The van der Waals surface area contributed by atoms with Crippen LogP contribution in [0.15, 0.2) is 0 Å². The average Bonchev–Trinajstić information content (AvgIpc) is 2.25. The van der Waals surface area contributed by atoms with Gasteiger partial charge < -0.3 is 9.32 Å². The average molecular weight is 327 g/mol. The van der Waals surface area contributed by atoms with Crippen molar-refractivity contribution in [3.05, 3.63) is 0 Å². The summed E-state index contributed by atoms with van der Waals surface area (Å²) < 4.78 is 17.9. The fourth-order valence-corrected chi connectivity index (χ4v) is 6.55. The zero-order chi connectivity index (χ0) is 14.5. The summed E-state index contributed by atoms with van der Waals surface area (Å²) in [4.78, 5) is 10.1. The van der Waals surface area contributed by atoms with Crippen molar-refractivity contribution in [2.75, 3.05) is 12.3 Å². The Hall–Kier alpha value is 0.657. The lowest BCUT2D eigenvalue weighted by atomic mass is 9.91. The molecule has 0 bridgehead atoms. The number of alkyl halides is 1. The standard InChI is InChI=1S/C13H28ClO3PSi/c1-19(2,3)17-13(14)9-10-18(15,16)11-12-7-5-4-6-8-12/h12-13H,4-11H2,1-3H3,(H,15,16). The second-order valence-corrected chi connectivity index (χ2v) is 14.1. The van der Waals surface area contributed by atoms with Crippen LogP contribution in [0.3, 0.4) is 0 Å². The second-order valence-electron chi connectivity index (χ2n) is 6.69. The minimum atomic E-state index is -3.03. The maximum Gasteiger partial charge on any atom is 0.201 e. The molecule has 114 valence electrons. The van der Waals surface area contributed by atoms with Gasteiger partial charge in [0.15, 0.2) is 8.32 Å². The molecule has 0 radical (unpaired) electrons. The Kier molecular flexibility index (Phi) is 7.09. The molecule has 0 aromatic carbocycles. The lowest BCUT2D eigenvalue weighted by Crippen LogP contribution is -2.29. The fourth-order valence-electron chi connectivity index (χ4n) is 2.61. The van der Waals surface area contributed by atoms with E-state index in [9.17, 15) is 9.46 Å². The van der Waals surface area contributed by atoms with Gasteiger partial charge in [-0.05, 0) is 44.8 Å². The van der Waals surface area contributed by atoms with E-state index < -0.39 is 21.2 Å². The normalized spacial score (nSPS) is 23.0. The van der Waals surface area contributed by atoms with Gasteiger partial charge in [-0.2, -0.15) is 0 Å². The molecular weight excluding hydrogens is 299 g/mol. The third-order valence-electron chi connectivity index (χ3n) is 3.46. The van der Waals surface area contributed by atoms with Gasteiger partial charge in [0.2, 0.25) is 7.37 Å². The van der Waals surface area contributed by atoms with Crippen LogP contribution in [0.2, 0.25) is 19.6 Å². The minimum Gasteiger partial charge on any atom is -0.402 e. The topological polar surface area (TPSA) is 46.5 Å². The van der Waals surface area contributed by atoms with E-state index in [1.165, 1.54) is 19.3 Å². The molecule has 1 rings (SSSR count). The summed E-state index contributed by atoms with van der Waals surface area (Å²) in [6.07, 6.45) is 7.17. The first kappa shape index (κ1) is 17.7. The molecule has 1 aliphatic carbocycles. The molecule has 0 aromatic heterocycles. The Balaban J connectivity index is 2.31. The van der Waals surface area contributed by atoms with Gasteiger partial charge in [0, 0.05) is 12.3 Å². The predicted molar refractivity (Wildman–Crippen MR) is 84.8 cm³/mol. The van der Waals surface area contributed by atoms with Gasteiger partial charge in [-0.25, -0.2) is 0 Å². The van der Waals surface area contributed by atoms with Crippen molar-refractivity contribution in [3.63, 3.8) is 0 Å². The molecule has 0 aromatic rings. The van der Waals surface area contributed by atoms with Crippen molar-refractivity contribution < 1.29 is 13.9 Å². The van der Waals surface area contributed by atoms with Crippen molar-refractivity contribution in [1.29, 1.82) is 0 Å². The molecule has 0 heterocycles. The molecular formula is C13H28ClO3PSi. The number of hydrogen-bond acceptors (Lipinski definition) is 2. The van der Waals surface area contributed by atoms with Crippen molar-refractivity contribution in [3.8, 4) is 0 Å². The van der Waals surface area contributed by atoms with Gasteiger partial charge >= 0.3 is 0 Å². The Labute approximate surface area is 123 Å². The van der Waals surface area contributed by atoms with Crippen LogP contribution in [0.25, 0.3) is 0 Å². The molecule has 1 fully saturated rings. The molecule has 1 aliphatic rings. The third-order valence-corrected chi connectivity index (χ3v) is 6.95. The predicted octanol–water partition coefficient (Wildman–Crippen LogP) is 4.64. The summed E-state index contributed by atoms with van der Waals surface area (Å²) in [7, 11) is -4.69. The second kappa shape index (κ2) is 7.60. The fraction of sp³-hybridized carbons (Fsp3) is 1.00. The number of halogens is 1. The maximum absolute atomic E-state index is 12.2. The van der Waals surface area contributed by atoms with Gasteiger partial charge in [-0.3, -0.25) is 4.57 Å². The maximum atomic E-state index is 12.2. The molecule has 2 unspecified atom stereocenters. The summed E-state index contributed by atoms with van der Waals surface area (Å²) in [6, 6.07) is 0. The van der Waals surface area contributed by atoms with Gasteiger partial charge in [0.25, 0.3) is 0 Å². The molecule has 3 nitrogen and oxygen atoms in total. The highest BCUT2D eigenvalue weighted by Gasteiger charge is 2.27. The molecule has 1 saturated carbocycles. The SMILES string of the molecule is C[Si](C)(C)OC(Cl)CCP(=O)(O)CC1CCCCC1. The number of hydrogen-bond donors (Lipinski definition) is 1. The summed E-state index contributed by atoms with van der Waals surface area (Å²) in [6.45, 7) is 6.22. The first-order chi connectivity index (χ1) is 8.68. The van der Waals surface area contributed by atoms with E-state index in [4.69, 9.17) is 16.0 Å². The smallest absolute Gasteiger partial charge is 0.201 e. The number of rotatable bonds is 7. The van der Waals surface area contributed by atoms with Crippen molar-refractivity contribution in [2.24, 2.45) is 5.92 Å². The van der Waals surface area contributed by atoms with Crippen LogP contribution >= 0.6 is 19.0 Å². The van der Waals surface area contributed by atoms with E-state index in [1.807, 2.05) is 0 Å². The van der Waals surface area contributed by atoms with Crippen LogP contribution in [0, 0.1) is 5.92 Å². The van der Waals surface area contributed by atoms with Gasteiger partial charge in [0.05, 0.1) is 0 Å². The minimum absolute atomic E-state index is 0.294. The summed E-state index contributed by atoms with van der Waals surface area (Å²) in [5.74, 6) is 0.441. The van der Waals surface area contributed by atoms with E-state index in [2.05, 4.69) is 19.6 Å². The van der Waals surface area contributed by atoms with Crippen LogP contribution < -0.4 is 0 Å². The van der Waals surface area contributed by atoms with Crippen LogP contribution in [0.4, 0.5) is 0 Å². The van der Waals surface area contributed by atoms with E-state index in [0.717, 1.165) is 12.8 Å². The van der Waals surface area contributed by atoms with Crippen LogP contribution in [0.5, 0.6) is 0 Å². The molecule has 6 heteroatoms. The highest BCUT2D eigenvalue weighted by molar-refractivity contribution is 7.58. The van der Waals surface area contributed by atoms with Crippen molar-refractivity contribution in [2.45, 2.75) is 63.7 Å². The molecule has 0 amide bonds. The first-order valence-corrected chi connectivity index (χ1v) is 13.2. The van der Waals surface area contributed by atoms with Crippen molar-refractivity contribution >= 4 is 27.3 Å². The van der Waals surface area contributed by atoms with Crippen LogP contribution in [0.1, 0.15) is 38.5 Å². The Morgan fingerprint density at radius 3 is 2.42 bits per heavy atom. The Morgan fingerprint density at radius 1 is 1.32 bits per heavy atom. The van der Waals surface area contributed by atoms with E-state index in [1.54, 1.807) is 0 Å². The van der Waals surface area contributed by atoms with Crippen molar-refractivity contribution in [1.82, 2.24) is 0 Å². The zero-order valence-corrected chi connectivity index (χ0v) is 15.1. The summed E-state index contributed by atoms with van der Waals surface area (Å²) >= 11 is 6.09. The van der Waals surface area contributed by atoms with Gasteiger partial charge in [-0.1, -0.05) is 30.9 Å². The Bertz CT molecular complexity index is 314.